The molecular formula is C28H27NO5S. The molecule has 0 bridgehead atoms. The number of rotatable bonds is 8. The van der Waals surface area contributed by atoms with E-state index in [2.05, 4.69) is 4.90 Å². The fourth-order valence-electron chi connectivity index (χ4n) is 4.48. The number of carbonyl (C=O) groups is 1. The van der Waals surface area contributed by atoms with Gasteiger partial charge in [-0.25, -0.2) is 0 Å². The van der Waals surface area contributed by atoms with Crippen molar-refractivity contribution in [2.45, 2.75) is 18.9 Å². The number of ketones is 1. The lowest BCUT2D eigenvalue weighted by molar-refractivity contribution is 0.0758. The summed E-state index contributed by atoms with van der Waals surface area (Å²) < 4.78 is 6.56. The number of hydrogen-bond donors (Lipinski definition) is 3. The fraction of sp³-hybridized carbons (Fsp3) is 0.250. The Kier molecular flexibility index (Phi) is 6.72. The first-order valence-corrected chi connectivity index (χ1v) is 12.5. The minimum Gasteiger partial charge on any atom is -0.508 e. The van der Waals surface area contributed by atoms with Gasteiger partial charge in [-0.2, -0.15) is 0 Å². The van der Waals surface area contributed by atoms with E-state index in [1.54, 1.807) is 66.7 Å². The van der Waals surface area contributed by atoms with Crippen LogP contribution in [0.1, 0.15) is 28.8 Å². The van der Waals surface area contributed by atoms with E-state index in [9.17, 15) is 20.1 Å². The lowest BCUT2D eigenvalue weighted by atomic mass is 9.97. The summed E-state index contributed by atoms with van der Waals surface area (Å²) in [6, 6.07) is 18.7. The molecule has 1 aromatic heterocycles. The van der Waals surface area contributed by atoms with E-state index in [0.717, 1.165) is 33.6 Å². The van der Waals surface area contributed by atoms with Gasteiger partial charge in [0.2, 0.25) is 0 Å². The largest absolute Gasteiger partial charge is 0.508 e. The Bertz CT molecular complexity index is 1320. The van der Waals surface area contributed by atoms with Gasteiger partial charge in [0.1, 0.15) is 30.0 Å². The molecular weight excluding hydrogens is 462 g/mol. The van der Waals surface area contributed by atoms with Crippen LogP contribution in [-0.2, 0) is 0 Å². The molecule has 1 atom stereocenters. The Labute approximate surface area is 207 Å². The number of fused-ring (bicyclic) bond motifs is 1. The summed E-state index contributed by atoms with van der Waals surface area (Å²) in [5.41, 5.74) is 1.90. The van der Waals surface area contributed by atoms with Crippen molar-refractivity contribution in [3.05, 3.63) is 77.9 Å². The summed E-state index contributed by atoms with van der Waals surface area (Å²) in [5.74, 6) is 0.761. The maximum absolute atomic E-state index is 13.6. The molecule has 0 radical (unpaired) electrons. The molecule has 3 N–H and O–H groups in total. The summed E-state index contributed by atoms with van der Waals surface area (Å²) in [5, 5.41) is 30.7. The highest BCUT2D eigenvalue weighted by molar-refractivity contribution is 7.22. The molecule has 1 aliphatic heterocycles. The van der Waals surface area contributed by atoms with Gasteiger partial charge in [0.15, 0.2) is 5.78 Å². The number of carbonyl (C=O) groups excluding carboxylic acids is 1. The Balaban J connectivity index is 1.37. The summed E-state index contributed by atoms with van der Waals surface area (Å²) in [4.78, 5) is 16.7. The maximum atomic E-state index is 13.6. The molecule has 0 aliphatic carbocycles. The number of likely N-dealkylation sites (tertiary alicyclic amines) is 1. The van der Waals surface area contributed by atoms with Crippen LogP contribution in [0.25, 0.3) is 20.5 Å². The van der Waals surface area contributed by atoms with E-state index in [1.165, 1.54) is 24.2 Å². The van der Waals surface area contributed by atoms with Crippen molar-refractivity contribution in [2.24, 2.45) is 0 Å². The van der Waals surface area contributed by atoms with Crippen LogP contribution in [0.15, 0.2) is 66.7 Å². The molecule has 35 heavy (non-hydrogen) atoms. The third-order valence-corrected chi connectivity index (χ3v) is 7.46. The van der Waals surface area contributed by atoms with Crippen LogP contribution >= 0.6 is 11.3 Å². The summed E-state index contributed by atoms with van der Waals surface area (Å²) in [6.07, 6.45) is 1.80. The lowest BCUT2D eigenvalue weighted by Crippen LogP contribution is -2.33. The molecule has 1 fully saturated rings. The smallest absolute Gasteiger partial charge is 0.195 e. The van der Waals surface area contributed by atoms with Crippen LogP contribution in [0.4, 0.5) is 0 Å². The average molecular weight is 490 g/mol. The molecule has 0 saturated carbocycles. The minimum absolute atomic E-state index is 0.134. The van der Waals surface area contributed by atoms with E-state index in [4.69, 9.17) is 4.74 Å². The van der Waals surface area contributed by atoms with E-state index in [1.807, 2.05) is 0 Å². The first-order chi connectivity index (χ1) is 17.0. The second kappa shape index (κ2) is 10.1. The number of aliphatic hydroxyl groups excluding tert-OH is 1. The van der Waals surface area contributed by atoms with Crippen molar-refractivity contribution in [2.75, 3.05) is 26.2 Å². The minimum atomic E-state index is -0.559. The number of benzene rings is 3. The van der Waals surface area contributed by atoms with E-state index < -0.39 is 6.10 Å². The van der Waals surface area contributed by atoms with Crippen molar-refractivity contribution in [3.8, 4) is 27.7 Å². The van der Waals surface area contributed by atoms with E-state index in [0.29, 0.717) is 23.4 Å². The molecule has 1 unspecified atom stereocenters. The van der Waals surface area contributed by atoms with Crippen molar-refractivity contribution in [1.29, 1.82) is 0 Å². The highest BCUT2D eigenvalue weighted by Gasteiger charge is 2.22. The highest BCUT2D eigenvalue weighted by atomic mass is 32.1. The van der Waals surface area contributed by atoms with Crippen LogP contribution in [0.2, 0.25) is 0 Å². The predicted molar refractivity (Wildman–Crippen MR) is 138 cm³/mol. The Morgan fingerprint density at radius 3 is 2.34 bits per heavy atom. The second-order valence-electron chi connectivity index (χ2n) is 8.86. The number of ether oxygens (including phenoxy) is 1. The van der Waals surface area contributed by atoms with Crippen LogP contribution in [0.5, 0.6) is 17.2 Å². The van der Waals surface area contributed by atoms with Gasteiger partial charge < -0.3 is 25.0 Å². The van der Waals surface area contributed by atoms with Gasteiger partial charge in [-0.15, -0.1) is 11.3 Å². The molecule has 2 heterocycles. The topological polar surface area (TPSA) is 90.2 Å². The number of aliphatic hydroxyl groups is 1. The molecule has 7 heteroatoms. The number of hydrogen-bond acceptors (Lipinski definition) is 7. The van der Waals surface area contributed by atoms with Gasteiger partial charge in [-0.1, -0.05) is 0 Å². The summed E-state index contributed by atoms with van der Waals surface area (Å²) in [6.45, 7) is 2.86. The van der Waals surface area contributed by atoms with Crippen LogP contribution in [0, 0.1) is 0 Å². The Hall–Kier alpha value is -3.39. The Morgan fingerprint density at radius 2 is 1.63 bits per heavy atom. The fourth-order valence-corrected chi connectivity index (χ4v) is 5.72. The number of thiophene rings is 1. The summed E-state index contributed by atoms with van der Waals surface area (Å²) in [7, 11) is 0. The van der Waals surface area contributed by atoms with E-state index in [-0.39, 0.29) is 23.9 Å². The molecule has 4 aromatic rings. The maximum Gasteiger partial charge on any atom is 0.195 e. The molecule has 6 nitrogen and oxygen atoms in total. The molecule has 0 spiro atoms. The lowest BCUT2D eigenvalue weighted by Gasteiger charge is -2.19. The molecule has 0 amide bonds. The number of β-amino-alcohol motifs (C(OH)–C–C–N with tert-alkyl or cyclic N) is 1. The third kappa shape index (κ3) is 5.17. The van der Waals surface area contributed by atoms with E-state index >= 15 is 0 Å². The zero-order valence-corrected chi connectivity index (χ0v) is 20.0. The van der Waals surface area contributed by atoms with Crippen LogP contribution < -0.4 is 4.74 Å². The van der Waals surface area contributed by atoms with Gasteiger partial charge in [-0.05, 0) is 98.2 Å². The molecule has 5 rings (SSSR count). The van der Waals surface area contributed by atoms with Gasteiger partial charge in [-0.3, -0.25) is 4.79 Å². The van der Waals surface area contributed by atoms with Crippen molar-refractivity contribution >= 4 is 27.2 Å². The normalized spacial score (nSPS) is 14.9. The molecule has 1 aliphatic rings. The number of aromatic hydroxyl groups is 2. The van der Waals surface area contributed by atoms with Crippen molar-refractivity contribution in [1.82, 2.24) is 4.90 Å². The highest BCUT2D eigenvalue weighted by Crippen LogP contribution is 2.41. The van der Waals surface area contributed by atoms with Crippen LogP contribution in [-0.4, -0.2) is 58.3 Å². The monoisotopic (exact) mass is 489 g/mol. The van der Waals surface area contributed by atoms with Crippen molar-refractivity contribution in [3.63, 3.8) is 0 Å². The summed E-state index contributed by atoms with van der Waals surface area (Å²) >= 11 is 1.43. The molecule has 1 saturated heterocycles. The van der Waals surface area contributed by atoms with Gasteiger partial charge in [0.05, 0.1) is 0 Å². The number of phenols is 2. The third-order valence-electron chi connectivity index (χ3n) is 6.26. The number of nitrogens with zero attached hydrogens (tertiary/aromatic N) is 1. The van der Waals surface area contributed by atoms with Gasteiger partial charge in [0.25, 0.3) is 0 Å². The first-order valence-electron chi connectivity index (χ1n) is 11.7. The standard InChI is InChI=1S/C28H27NO5S/c30-20-7-3-19(4-8-20)28-26(24-12-9-21(31)15-25(24)35-28)27(33)18-5-10-23(11-6-18)34-17-22(32)16-29-13-1-2-14-29/h3-12,15,22,30-32H,1-2,13-14,16-17H2. The van der Waals surface area contributed by atoms with Crippen LogP contribution in [0.3, 0.4) is 0 Å². The molecule has 3 aromatic carbocycles. The zero-order chi connectivity index (χ0) is 24.4. The van der Waals surface area contributed by atoms with Crippen molar-refractivity contribution < 1.29 is 24.9 Å². The average Bonchev–Trinajstić information content (AvgIpc) is 3.50. The van der Waals surface area contributed by atoms with Gasteiger partial charge in [0, 0.05) is 32.6 Å². The van der Waals surface area contributed by atoms with Gasteiger partial charge >= 0.3 is 0 Å². The quantitative estimate of drug-likeness (QED) is 0.300. The second-order valence-corrected chi connectivity index (χ2v) is 9.91. The molecule has 180 valence electrons. The number of phenolic OH excluding ortho intramolecular Hbond substituents is 2. The SMILES string of the molecule is O=C(c1ccc(OCC(O)CN2CCCC2)cc1)c1c(-c2ccc(O)cc2)sc2cc(O)ccc12. The zero-order valence-electron chi connectivity index (χ0n) is 19.2. The first kappa shape index (κ1) is 23.4. The predicted octanol–water partition coefficient (Wildman–Crippen LogP) is 5.05. The Morgan fingerprint density at radius 1 is 0.943 bits per heavy atom.